The average Bonchev–Trinajstić information content (AvgIpc) is 3.35. The van der Waals surface area contributed by atoms with E-state index in [1.54, 1.807) is 24.3 Å². The summed E-state index contributed by atoms with van der Waals surface area (Å²) in [6.45, 7) is 2.82. The van der Waals surface area contributed by atoms with Crippen LogP contribution in [0.15, 0.2) is 36.4 Å². The number of aryl methyl sites for hydroxylation is 1. The molecule has 0 amide bonds. The van der Waals surface area contributed by atoms with E-state index in [2.05, 4.69) is 9.88 Å². The molecule has 1 fully saturated rings. The van der Waals surface area contributed by atoms with Crippen LogP contribution in [-0.2, 0) is 6.54 Å². The van der Waals surface area contributed by atoms with E-state index in [9.17, 15) is 14.6 Å². The van der Waals surface area contributed by atoms with Gasteiger partial charge in [0.2, 0.25) is 0 Å². The summed E-state index contributed by atoms with van der Waals surface area (Å²) in [5.74, 6) is -0.133. The Balaban J connectivity index is 1.72. The van der Waals surface area contributed by atoms with E-state index in [0.717, 1.165) is 18.5 Å². The highest BCUT2D eigenvalue weighted by molar-refractivity contribution is 5.28. The van der Waals surface area contributed by atoms with E-state index in [1.165, 1.54) is 12.1 Å². The molecule has 0 aliphatic heterocycles. The lowest BCUT2D eigenvalue weighted by Crippen LogP contribution is -2.30. The largest absolute Gasteiger partial charge is 0.506 e. The Morgan fingerprint density at radius 3 is 2.57 bits per heavy atom. The van der Waals surface area contributed by atoms with Gasteiger partial charge < -0.3 is 10.2 Å². The lowest BCUT2D eigenvalue weighted by Gasteiger charge is -2.25. The Morgan fingerprint density at radius 1 is 1.22 bits per heavy atom. The van der Waals surface area contributed by atoms with Crippen molar-refractivity contribution in [2.24, 2.45) is 0 Å². The van der Waals surface area contributed by atoms with Crippen molar-refractivity contribution in [1.29, 1.82) is 0 Å². The van der Waals surface area contributed by atoms with Gasteiger partial charge in [0.25, 0.3) is 0 Å². The van der Waals surface area contributed by atoms with Crippen molar-refractivity contribution in [1.82, 2.24) is 9.88 Å². The standard InChI is InChI=1S/C18H21FN2O2/c1-12-2-9-17(22)16(20-12)10-21(15-7-8-15)11-18(23)13-3-5-14(19)6-4-13/h2-6,9,15,18,22-23H,7-8,10-11H2,1H3/t18-/m1/s1. The molecule has 0 spiro atoms. The summed E-state index contributed by atoms with van der Waals surface area (Å²) in [7, 11) is 0. The Labute approximate surface area is 135 Å². The lowest BCUT2D eigenvalue weighted by molar-refractivity contribution is 0.103. The third kappa shape index (κ3) is 4.06. The molecule has 0 radical (unpaired) electrons. The SMILES string of the molecule is Cc1ccc(O)c(CN(C[C@@H](O)c2ccc(F)cc2)C2CC2)n1. The van der Waals surface area contributed by atoms with E-state index >= 15 is 0 Å². The van der Waals surface area contributed by atoms with Gasteiger partial charge in [0.1, 0.15) is 11.6 Å². The van der Waals surface area contributed by atoms with Gasteiger partial charge in [-0.3, -0.25) is 9.88 Å². The summed E-state index contributed by atoms with van der Waals surface area (Å²) in [5.41, 5.74) is 2.18. The molecule has 0 saturated heterocycles. The summed E-state index contributed by atoms with van der Waals surface area (Å²) in [6.07, 6.45) is 1.48. The molecule has 0 unspecified atom stereocenters. The second kappa shape index (κ2) is 6.64. The predicted octanol–water partition coefficient (Wildman–Crippen LogP) is 2.93. The van der Waals surface area contributed by atoms with E-state index in [1.807, 2.05) is 6.92 Å². The van der Waals surface area contributed by atoms with E-state index in [-0.39, 0.29) is 11.6 Å². The zero-order valence-electron chi connectivity index (χ0n) is 13.1. The van der Waals surface area contributed by atoms with Gasteiger partial charge in [0.05, 0.1) is 11.8 Å². The fourth-order valence-electron chi connectivity index (χ4n) is 2.71. The number of benzene rings is 1. The Kier molecular flexibility index (Phi) is 4.59. The highest BCUT2D eigenvalue weighted by atomic mass is 19.1. The van der Waals surface area contributed by atoms with E-state index in [4.69, 9.17) is 0 Å². The topological polar surface area (TPSA) is 56.6 Å². The van der Waals surface area contributed by atoms with Gasteiger partial charge in [-0.05, 0) is 49.6 Å². The molecule has 1 aliphatic carbocycles. The summed E-state index contributed by atoms with van der Waals surface area (Å²) < 4.78 is 13.0. The number of aromatic hydroxyl groups is 1. The summed E-state index contributed by atoms with van der Waals surface area (Å²) in [5, 5.41) is 20.4. The molecule has 4 nitrogen and oxygen atoms in total. The minimum Gasteiger partial charge on any atom is -0.506 e. The van der Waals surface area contributed by atoms with Crippen LogP contribution in [0, 0.1) is 12.7 Å². The first-order chi connectivity index (χ1) is 11.0. The van der Waals surface area contributed by atoms with Crippen LogP contribution in [0.3, 0.4) is 0 Å². The van der Waals surface area contributed by atoms with Crippen molar-refractivity contribution in [3.8, 4) is 5.75 Å². The summed E-state index contributed by atoms with van der Waals surface area (Å²) in [4.78, 5) is 6.53. The van der Waals surface area contributed by atoms with Crippen molar-refractivity contribution in [3.05, 3.63) is 59.2 Å². The zero-order valence-corrected chi connectivity index (χ0v) is 13.1. The minimum atomic E-state index is -0.692. The fraction of sp³-hybridized carbons (Fsp3) is 0.389. The van der Waals surface area contributed by atoms with Gasteiger partial charge in [-0.1, -0.05) is 12.1 Å². The number of hydrogen-bond acceptors (Lipinski definition) is 4. The maximum absolute atomic E-state index is 13.0. The molecule has 0 bridgehead atoms. The number of rotatable bonds is 6. The van der Waals surface area contributed by atoms with Crippen molar-refractivity contribution in [2.75, 3.05) is 6.54 Å². The molecule has 1 heterocycles. The maximum atomic E-state index is 13.0. The van der Waals surface area contributed by atoms with Crippen LogP contribution in [-0.4, -0.2) is 32.7 Å². The zero-order chi connectivity index (χ0) is 16.4. The normalized spacial score (nSPS) is 15.8. The molecule has 1 aromatic carbocycles. The molecule has 1 atom stereocenters. The number of aliphatic hydroxyl groups excluding tert-OH is 1. The number of hydrogen-bond donors (Lipinski definition) is 2. The van der Waals surface area contributed by atoms with E-state index in [0.29, 0.717) is 30.4 Å². The minimum absolute atomic E-state index is 0.178. The molecule has 3 rings (SSSR count). The van der Waals surface area contributed by atoms with Gasteiger partial charge in [0.15, 0.2) is 0 Å². The summed E-state index contributed by atoms with van der Waals surface area (Å²) >= 11 is 0. The van der Waals surface area contributed by atoms with Crippen LogP contribution in [0.4, 0.5) is 4.39 Å². The molecule has 2 aromatic rings. The fourth-order valence-corrected chi connectivity index (χ4v) is 2.71. The molecular weight excluding hydrogens is 295 g/mol. The van der Waals surface area contributed by atoms with Crippen molar-refractivity contribution in [2.45, 2.75) is 38.5 Å². The van der Waals surface area contributed by atoms with Crippen LogP contribution in [0.25, 0.3) is 0 Å². The highest BCUT2D eigenvalue weighted by Gasteiger charge is 2.31. The first-order valence-corrected chi connectivity index (χ1v) is 7.86. The molecule has 2 N–H and O–H groups in total. The Morgan fingerprint density at radius 2 is 1.91 bits per heavy atom. The van der Waals surface area contributed by atoms with Crippen molar-refractivity contribution in [3.63, 3.8) is 0 Å². The molecular formula is C18H21FN2O2. The highest BCUT2D eigenvalue weighted by Crippen LogP contribution is 2.31. The van der Waals surface area contributed by atoms with Gasteiger partial charge in [-0.25, -0.2) is 4.39 Å². The molecule has 122 valence electrons. The van der Waals surface area contributed by atoms with Gasteiger partial charge in [-0.15, -0.1) is 0 Å². The third-order valence-corrected chi connectivity index (χ3v) is 4.17. The number of pyridine rings is 1. The first kappa shape index (κ1) is 15.9. The smallest absolute Gasteiger partial charge is 0.138 e. The monoisotopic (exact) mass is 316 g/mol. The quantitative estimate of drug-likeness (QED) is 0.860. The molecule has 1 aromatic heterocycles. The summed E-state index contributed by atoms with van der Waals surface area (Å²) in [6, 6.07) is 9.75. The molecule has 5 heteroatoms. The van der Waals surface area contributed by atoms with Crippen LogP contribution in [0.2, 0.25) is 0 Å². The van der Waals surface area contributed by atoms with Crippen LogP contribution < -0.4 is 0 Å². The second-order valence-corrected chi connectivity index (χ2v) is 6.15. The van der Waals surface area contributed by atoms with Crippen LogP contribution in [0.1, 0.15) is 35.9 Å². The Hall–Kier alpha value is -1.98. The van der Waals surface area contributed by atoms with Crippen LogP contribution in [0.5, 0.6) is 5.75 Å². The number of aliphatic hydroxyl groups is 1. The molecule has 1 saturated carbocycles. The number of nitrogens with zero attached hydrogens (tertiary/aromatic N) is 2. The predicted molar refractivity (Wildman–Crippen MR) is 85.4 cm³/mol. The number of aromatic nitrogens is 1. The lowest BCUT2D eigenvalue weighted by atomic mass is 10.1. The molecule has 23 heavy (non-hydrogen) atoms. The second-order valence-electron chi connectivity index (χ2n) is 6.15. The Bertz CT molecular complexity index is 671. The average molecular weight is 316 g/mol. The molecule has 1 aliphatic rings. The van der Waals surface area contributed by atoms with Crippen molar-refractivity contribution < 1.29 is 14.6 Å². The third-order valence-electron chi connectivity index (χ3n) is 4.17. The number of halogens is 1. The van der Waals surface area contributed by atoms with Gasteiger partial charge in [0, 0.05) is 24.8 Å². The van der Waals surface area contributed by atoms with E-state index < -0.39 is 6.10 Å². The first-order valence-electron chi connectivity index (χ1n) is 7.86. The van der Waals surface area contributed by atoms with Gasteiger partial charge >= 0.3 is 0 Å². The van der Waals surface area contributed by atoms with Gasteiger partial charge in [-0.2, -0.15) is 0 Å². The van der Waals surface area contributed by atoms with Crippen molar-refractivity contribution >= 4 is 0 Å². The maximum Gasteiger partial charge on any atom is 0.138 e. The van der Waals surface area contributed by atoms with Crippen LogP contribution >= 0.6 is 0 Å².